The minimum absolute atomic E-state index is 0. The number of halogens is 1. The number of aromatic amines is 1. The van der Waals surface area contributed by atoms with Crippen molar-refractivity contribution in [1.82, 2.24) is 15.6 Å². The van der Waals surface area contributed by atoms with Crippen LogP contribution in [0.4, 0.5) is 0 Å². The molecule has 0 aromatic carbocycles. The fourth-order valence-electron chi connectivity index (χ4n) is 3.26. The molecule has 6 nitrogen and oxygen atoms in total. The third-order valence-corrected chi connectivity index (χ3v) is 4.64. The van der Waals surface area contributed by atoms with Crippen LogP contribution in [0.15, 0.2) is 39.7 Å². The Morgan fingerprint density at radius 3 is 2.54 bits per heavy atom. The van der Waals surface area contributed by atoms with E-state index in [1.807, 2.05) is 0 Å². The molecule has 0 atom stereocenters. The number of furan rings is 1. The van der Waals surface area contributed by atoms with Gasteiger partial charge in [-0.2, -0.15) is 0 Å². The molecular formula is C19H26ClN3O3. The molecule has 142 valence electrons. The van der Waals surface area contributed by atoms with Gasteiger partial charge in [0.2, 0.25) is 0 Å². The molecule has 7 heteroatoms. The first-order valence-corrected chi connectivity index (χ1v) is 9.03. The number of rotatable bonds is 6. The van der Waals surface area contributed by atoms with E-state index in [-0.39, 0.29) is 23.9 Å². The Labute approximate surface area is 159 Å². The van der Waals surface area contributed by atoms with E-state index in [4.69, 9.17) is 4.42 Å². The summed E-state index contributed by atoms with van der Waals surface area (Å²) in [4.78, 5) is 27.0. The van der Waals surface area contributed by atoms with Gasteiger partial charge in [-0.3, -0.25) is 9.59 Å². The minimum atomic E-state index is -0.414. The van der Waals surface area contributed by atoms with Crippen LogP contribution in [0.3, 0.4) is 0 Å². The van der Waals surface area contributed by atoms with E-state index in [9.17, 15) is 9.59 Å². The molecule has 3 rings (SSSR count). The van der Waals surface area contributed by atoms with Crippen LogP contribution in [-0.4, -0.2) is 30.0 Å². The van der Waals surface area contributed by atoms with Crippen molar-refractivity contribution in [2.45, 2.75) is 44.6 Å². The summed E-state index contributed by atoms with van der Waals surface area (Å²) in [5, 5.41) is 6.30. The Hall–Kier alpha value is -2.05. The molecule has 1 aliphatic rings. The number of carbonyl (C=O) groups is 1. The van der Waals surface area contributed by atoms with Crippen LogP contribution in [0.2, 0.25) is 0 Å². The normalized spacial score (nSPS) is 15.1. The molecule has 1 saturated carbocycles. The summed E-state index contributed by atoms with van der Waals surface area (Å²) >= 11 is 0. The zero-order chi connectivity index (χ0) is 17.5. The van der Waals surface area contributed by atoms with Gasteiger partial charge in [-0.05, 0) is 37.1 Å². The average molecular weight is 380 g/mol. The predicted molar refractivity (Wildman–Crippen MR) is 104 cm³/mol. The van der Waals surface area contributed by atoms with Gasteiger partial charge in [0, 0.05) is 19.1 Å². The van der Waals surface area contributed by atoms with Gasteiger partial charge in [0.05, 0.1) is 12.0 Å². The first kappa shape index (κ1) is 20.3. The topological polar surface area (TPSA) is 87.1 Å². The molecule has 0 radical (unpaired) electrons. The third-order valence-electron chi connectivity index (χ3n) is 4.64. The van der Waals surface area contributed by atoms with Crippen molar-refractivity contribution in [3.63, 3.8) is 0 Å². The highest BCUT2D eigenvalue weighted by Crippen LogP contribution is 2.17. The van der Waals surface area contributed by atoms with Crippen LogP contribution >= 0.6 is 12.4 Å². The summed E-state index contributed by atoms with van der Waals surface area (Å²) in [7, 11) is 0. The quantitative estimate of drug-likeness (QED) is 0.531. The van der Waals surface area contributed by atoms with Gasteiger partial charge in [-0.15, -0.1) is 12.4 Å². The molecule has 2 aromatic heterocycles. The van der Waals surface area contributed by atoms with Gasteiger partial charge in [0.25, 0.3) is 11.5 Å². The van der Waals surface area contributed by atoms with Gasteiger partial charge < -0.3 is 20.0 Å². The minimum Gasteiger partial charge on any atom is -0.463 e. The SMILES string of the molecule is Cl.O=C(NCCNC1CCCCCC1)c1ccc(-c2ccco2)[nH]c1=O. The molecule has 26 heavy (non-hydrogen) atoms. The molecule has 1 fully saturated rings. The summed E-state index contributed by atoms with van der Waals surface area (Å²) in [6, 6.07) is 7.26. The number of aromatic nitrogens is 1. The highest BCUT2D eigenvalue weighted by Gasteiger charge is 2.13. The molecule has 3 N–H and O–H groups in total. The lowest BCUT2D eigenvalue weighted by atomic mass is 10.1. The Bertz CT molecular complexity index is 735. The molecule has 1 aliphatic carbocycles. The smallest absolute Gasteiger partial charge is 0.261 e. The maximum atomic E-state index is 12.2. The van der Waals surface area contributed by atoms with Crippen LogP contribution in [0, 0.1) is 0 Å². The van der Waals surface area contributed by atoms with E-state index in [2.05, 4.69) is 15.6 Å². The zero-order valence-corrected chi connectivity index (χ0v) is 15.6. The number of hydrogen-bond acceptors (Lipinski definition) is 4. The first-order chi connectivity index (χ1) is 12.2. The molecule has 0 bridgehead atoms. The van der Waals surface area contributed by atoms with Gasteiger partial charge in [-0.1, -0.05) is 25.7 Å². The fraction of sp³-hybridized carbons (Fsp3) is 0.474. The second kappa shape index (κ2) is 10.2. The Morgan fingerprint density at radius 1 is 1.12 bits per heavy atom. The largest absolute Gasteiger partial charge is 0.463 e. The average Bonchev–Trinajstić information content (AvgIpc) is 3.03. The van der Waals surface area contributed by atoms with Crippen LogP contribution in [0.5, 0.6) is 0 Å². The summed E-state index contributed by atoms with van der Waals surface area (Å²) in [5.41, 5.74) is 0.259. The van der Waals surface area contributed by atoms with E-state index < -0.39 is 5.56 Å². The number of nitrogens with one attached hydrogen (secondary N) is 3. The van der Waals surface area contributed by atoms with E-state index >= 15 is 0 Å². The van der Waals surface area contributed by atoms with Crippen LogP contribution in [0.1, 0.15) is 48.9 Å². The summed E-state index contributed by atoms with van der Waals surface area (Å²) < 4.78 is 5.24. The molecule has 2 heterocycles. The number of pyridine rings is 1. The van der Waals surface area contributed by atoms with Gasteiger partial charge >= 0.3 is 0 Å². The maximum Gasteiger partial charge on any atom is 0.261 e. The summed E-state index contributed by atoms with van der Waals surface area (Å²) in [6.07, 6.45) is 9.17. The predicted octanol–water partition coefficient (Wildman–Crippen LogP) is 3.10. The lowest BCUT2D eigenvalue weighted by Gasteiger charge is -2.16. The molecule has 0 unspecified atom stereocenters. The maximum absolute atomic E-state index is 12.2. The van der Waals surface area contributed by atoms with E-state index in [1.165, 1.54) is 50.9 Å². The fourth-order valence-corrected chi connectivity index (χ4v) is 3.26. The number of amides is 1. The van der Waals surface area contributed by atoms with E-state index in [1.54, 1.807) is 18.2 Å². The van der Waals surface area contributed by atoms with Crippen molar-refractivity contribution < 1.29 is 9.21 Å². The second-order valence-electron chi connectivity index (χ2n) is 6.49. The third kappa shape index (κ3) is 5.47. The van der Waals surface area contributed by atoms with Crippen LogP contribution in [-0.2, 0) is 0 Å². The van der Waals surface area contributed by atoms with Gasteiger partial charge in [0.15, 0.2) is 0 Å². The van der Waals surface area contributed by atoms with Crippen molar-refractivity contribution >= 4 is 18.3 Å². The molecule has 0 spiro atoms. The van der Waals surface area contributed by atoms with Crippen LogP contribution < -0.4 is 16.2 Å². The monoisotopic (exact) mass is 379 g/mol. The summed E-state index contributed by atoms with van der Waals surface area (Å²) in [6.45, 7) is 1.23. The Kier molecular flexibility index (Phi) is 7.94. The molecule has 2 aromatic rings. The van der Waals surface area contributed by atoms with Crippen molar-refractivity contribution in [2.24, 2.45) is 0 Å². The highest BCUT2D eigenvalue weighted by molar-refractivity contribution is 5.94. The lowest BCUT2D eigenvalue weighted by molar-refractivity contribution is 0.0952. The Balaban J connectivity index is 0.00000243. The molecule has 0 aliphatic heterocycles. The van der Waals surface area contributed by atoms with Gasteiger partial charge in [-0.25, -0.2) is 0 Å². The number of hydrogen-bond donors (Lipinski definition) is 3. The standard InChI is InChI=1S/C19H25N3O3.ClH/c23-18(21-12-11-20-14-6-3-1-2-4-7-14)15-9-10-16(22-19(15)24)17-8-5-13-25-17;/h5,8-10,13-14,20H,1-4,6-7,11-12H2,(H,21,23)(H,22,24);1H. The molecule has 0 saturated heterocycles. The van der Waals surface area contributed by atoms with E-state index in [0.29, 0.717) is 24.0 Å². The van der Waals surface area contributed by atoms with Crippen molar-refractivity contribution in [2.75, 3.05) is 13.1 Å². The molecular weight excluding hydrogens is 354 g/mol. The second-order valence-corrected chi connectivity index (χ2v) is 6.49. The summed E-state index contributed by atoms with van der Waals surface area (Å²) in [5.74, 6) is 0.214. The van der Waals surface area contributed by atoms with Crippen LogP contribution in [0.25, 0.3) is 11.5 Å². The van der Waals surface area contributed by atoms with E-state index in [0.717, 1.165) is 6.54 Å². The Morgan fingerprint density at radius 2 is 1.88 bits per heavy atom. The van der Waals surface area contributed by atoms with Crippen molar-refractivity contribution in [1.29, 1.82) is 0 Å². The van der Waals surface area contributed by atoms with Crippen molar-refractivity contribution in [3.8, 4) is 11.5 Å². The highest BCUT2D eigenvalue weighted by atomic mass is 35.5. The molecule has 1 amide bonds. The number of carbonyl (C=O) groups excluding carboxylic acids is 1. The zero-order valence-electron chi connectivity index (χ0n) is 14.8. The van der Waals surface area contributed by atoms with Gasteiger partial charge in [0.1, 0.15) is 11.3 Å². The van der Waals surface area contributed by atoms with Crippen molar-refractivity contribution in [3.05, 3.63) is 46.4 Å². The first-order valence-electron chi connectivity index (χ1n) is 9.03. The number of H-pyrrole nitrogens is 1. The lowest BCUT2D eigenvalue weighted by Crippen LogP contribution is -2.38.